The predicted octanol–water partition coefficient (Wildman–Crippen LogP) is 5.97. The van der Waals surface area contributed by atoms with Gasteiger partial charge in [-0.2, -0.15) is 10.4 Å². The summed E-state index contributed by atoms with van der Waals surface area (Å²) >= 11 is 0. The number of aryl methyl sites for hydroxylation is 1. The molecule has 5 rings (SSSR count). The SMILES string of the molecule is CC(=O)OCCCN1C(=O)C(C#N)=C(C)/C(=C\c2cn(-c3ccccc3)nc2-c2ccc(OCc3ccccc3)c(C)c2)C1=O. The third-order valence-electron chi connectivity index (χ3n) is 7.41. The number of ether oxygens (including phenoxy) is 2. The average molecular weight is 601 g/mol. The lowest BCUT2D eigenvalue weighted by Gasteiger charge is -2.27. The third-order valence-corrected chi connectivity index (χ3v) is 7.41. The number of aromatic nitrogens is 2. The molecule has 226 valence electrons. The van der Waals surface area contributed by atoms with E-state index >= 15 is 0 Å². The molecular formula is C36H32N4O5. The molecule has 0 N–H and O–H groups in total. The Hall–Kier alpha value is -5.75. The molecule has 4 aromatic rings. The van der Waals surface area contributed by atoms with E-state index in [2.05, 4.69) is 0 Å². The zero-order valence-electron chi connectivity index (χ0n) is 25.3. The lowest BCUT2D eigenvalue weighted by Crippen LogP contribution is -2.43. The van der Waals surface area contributed by atoms with E-state index in [1.807, 2.05) is 98.1 Å². The van der Waals surface area contributed by atoms with Crippen molar-refractivity contribution < 1.29 is 23.9 Å². The third kappa shape index (κ3) is 6.92. The van der Waals surface area contributed by atoms with Gasteiger partial charge in [-0.25, -0.2) is 4.68 Å². The highest BCUT2D eigenvalue weighted by molar-refractivity contribution is 6.19. The molecule has 0 aliphatic carbocycles. The van der Waals surface area contributed by atoms with Crippen LogP contribution >= 0.6 is 0 Å². The summed E-state index contributed by atoms with van der Waals surface area (Å²) in [6.45, 7) is 5.34. The number of nitrogens with zero attached hydrogens (tertiary/aromatic N) is 4. The maximum absolute atomic E-state index is 13.7. The van der Waals surface area contributed by atoms with Crippen LogP contribution in [0.2, 0.25) is 0 Å². The van der Waals surface area contributed by atoms with E-state index in [4.69, 9.17) is 14.6 Å². The number of hydrogen-bond acceptors (Lipinski definition) is 7. The minimum Gasteiger partial charge on any atom is -0.489 e. The fourth-order valence-corrected chi connectivity index (χ4v) is 5.05. The minimum atomic E-state index is -0.665. The van der Waals surface area contributed by atoms with Gasteiger partial charge in [0.25, 0.3) is 11.8 Å². The Morgan fingerprint density at radius 1 is 0.978 bits per heavy atom. The van der Waals surface area contributed by atoms with Crippen LogP contribution in [0.15, 0.2) is 102 Å². The summed E-state index contributed by atoms with van der Waals surface area (Å²) < 4.78 is 12.8. The van der Waals surface area contributed by atoms with Crippen molar-refractivity contribution in [1.29, 1.82) is 5.26 Å². The number of imide groups is 1. The number of nitriles is 1. The molecule has 9 heteroatoms. The molecule has 0 bridgehead atoms. The van der Waals surface area contributed by atoms with Gasteiger partial charge in [-0.1, -0.05) is 48.5 Å². The Bertz CT molecular complexity index is 1850. The van der Waals surface area contributed by atoms with Crippen molar-refractivity contribution in [2.45, 2.75) is 33.8 Å². The molecule has 1 aliphatic heterocycles. The number of hydrogen-bond donors (Lipinski definition) is 0. The van der Waals surface area contributed by atoms with Crippen LogP contribution in [0.1, 0.15) is 37.0 Å². The first-order valence-corrected chi connectivity index (χ1v) is 14.5. The van der Waals surface area contributed by atoms with E-state index in [0.29, 0.717) is 23.4 Å². The van der Waals surface area contributed by atoms with E-state index in [1.165, 1.54) is 6.92 Å². The van der Waals surface area contributed by atoms with Gasteiger partial charge in [0.15, 0.2) is 0 Å². The van der Waals surface area contributed by atoms with Crippen molar-refractivity contribution in [3.05, 3.63) is 118 Å². The molecule has 9 nitrogen and oxygen atoms in total. The van der Waals surface area contributed by atoms with Gasteiger partial charge in [-0.05, 0) is 73.4 Å². The van der Waals surface area contributed by atoms with Crippen molar-refractivity contribution in [2.75, 3.05) is 13.2 Å². The maximum atomic E-state index is 13.7. The summed E-state index contributed by atoms with van der Waals surface area (Å²) in [4.78, 5) is 38.9. The first-order valence-electron chi connectivity index (χ1n) is 14.5. The Labute approximate surface area is 261 Å². The Balaban J connectivity index is 1.53. The highest BCUT2D eigenvalue weighted by Crippen LogP contribution is 2.33. The van der Waals surface area contributed by atoms with Gasteiger partial charge in [0.05, 0.1) is 18.0 Å². The smallest absolute Gasteiger partial charge is 0.302 e. The average Bonchev–Trinajstić information content (AvgIpc) is 3.47. The molecule has 0 saturated heterocycles. The zero-order valence-corrected chi connectivity index (χ0v) is 25.3. The van der Waals surface area contributed by atoms with Gasteiger partial charge in [0.1, 0.15) is 24.0 Å². The molecule has 2 heterocycles. The standard InChI is InChI=1S/C36H32N4O5/c1-24-19-28(15-16-33(24)45-23-27-11-6-4-7-12-27)34-29(22-40(38-34)30-13-8-5-9-14-30)20-31-25(2)32(21-37)36(43)39(35(31)42)17-10-18-44-26(3)41/h4-9,11-16,19-20,22H,10,17-18,23H2,1-3H3/b31-20+. The number of amides is 2. The normalized spacial score (nSPS) is 14.1. The van der Waals surface area contributed by atoms with Crippen LogP contribution in [0.4, 0.5) is 0 Å². The molecule has 0 spiro atoms. The number of carbonyl (C=O) groups excluding carboxylic acids is 3. The summed E-state index contributed by atoms with van der Waals surface area (Å²) in [6, 6.07) is 27.3. The first-order chi connectivity index (χ1) is 21.8. The molecule has 45 heavy (non-hydrogen) atoms. The first kappa shape index (κ1) is 30.7. The lowest BCUT2D eigenvalue weighted by atomic mass is 9.93. The van der Waals surface area contributed by atoms with E-state index in [0.717, 1.165) is 33.0 Å². The van der Waals surface area contributed by atoms with Crippen LogP contribution in [-0.4, -0.2) is 45.6 Å². The van der Waals surface area contributed by atoms with Gasteiger partial charge < -0.3 is 9.47 Å². The number of rotatable bonds is 10. The van der Waals surface area contributed by atoms with Crippen molar-refractivity contribution in [2.24, 2.45) is 0 Å². The highest BCUT2D eigenvalue weighted by atomic mass is 16.5. The lowest BCUT2D eigenvalue weighted by molar-refractivity contribution is -0.141. The second kappa shape index (κ2) is 13.7. The molecule has 2 amide bonds. The van der Waals surface area contributed by atoms with Gasteiger partial charge in [-0.3, -0.25) is 19.3 Å². The van der Waals surface area contributed by atoms with E-state index < -0.39 is 17.8 Å². The summed E-state index contributed by atoms with van der Waals surface area (Å²) in [7, 11) is 0. The molecule has 0 unspecified atom stereocenters. The fourth-order valence-electron chi connectivity index (χ4n) is 5.05. The second-order valence-corrected chi connectivity index (χ2v) is 10.6. The predicted molar refractivity (Wildman–Crippen MR) is 169 cm³/mol. The van der Waals surface area contributed by atoms with Crippen LogP contribution in [0.25, 0.3) is 23.0 Å². The monoisotopic (exact) mass is 600 g/mol. The van der Waals surface area contributed by atoms with Crippen LogP contribution in [-0.2, 0) is 25.7 Å². The Morgan fingerprint density at radius 3 is 2.36 bits per heavy atom. The topological polar surface area (TPSA) is 115 Å². The number of para-hydroxylation sites is 1. The van der Waals surface area contributed by atoms with Crippen LogP contribution in [0.3, 0.4) is 0 Å². The zero-order chi connectivity index (χ0) is 31.9. The fraction of sp³-hybridized carbons (Fsp3) is 0.194. The number of esters is 1. The van der Waals surface area contributed by atoms with Crippen LogP contribution < -0.4 is 4.74 Å². The van der Waals surface area contributed by atoms with Crippen molar-refractivity contribution in [3.63, 3.8) is 0 Å². The Kier molecular flexibility index (Phi) is 9.34. The van der Waals surface area contributed by atoms with Crippen molar-refractivity contribution >= 4 is 23.9 Å². The van der Waals surface area contributed by atoms with Crippen LogP contribution in [0, 0.1) is 18.3 Å². The van der Waals surface area contributed by atoms with E-state index in [-0.39, 0.29) is 30.7 Å². The molecular weight excluding hydrogens is 568 g/mol. The van der Waals surface area contributed by atoms with E-state index in [9.17, 15) is 19.6 Å². The van der Waals surface area contributed by atoms with Gasteiger partial charge in [0, 0.05) is 36.4 Å². The summed E-state index contributed by atoms with van der Waals surface area (Å²) in [6.07, 6.45) is 3.75. The molecule has 3 aromatic carbocycles. The molecule has 0 saturated carbocycles. The number of carbonyl (C=O) groups is 3. The summed E-state index contributed by atoms with van der Waals surface area (Å²) in [5.41, 5.74) is 5.25. The maximum Gasteiger partial charge on any atom is 0.302 e. The van der Waals surface area contributed by atoms with Crippen molar-refractivity contribution in [1.82, 2.24) is 14.7 Å². The number of benzene rings is 3. The van der Waals surface area contributed by atoms with Gasteiger partial charge in [-0.15, -0.1) is 0 Å². The largest absolute Gasteiger partial charge is 0.489 e. The summed E-state index contributed by atoms with van der Waals surface area (Å²) in [5, 5.41) is 14.7. The molecule has 0 atom stereocenters. The quantitative estimate of drug-likeness (QED) is 0.0953. The summed E-state index contributed by atoms with van der Waals surface area (Å²) in [5.74, 6) is -0.900. The van der Waals surface area contributed by atoms with Gasteiger partial charge >= 0.3 is 5.97 Å². The molecule has 1 aromatic heterocycles. The molecule has 0 radical (unpaired) electrons. The van der Waals surface area contributed by atoms with Gasteiger partial charge in [0.2, 0.25) is 0 Å². The second-order valence-electron chi connectivity index (χ2n) is 10.6. The Morgan fingerprint density at radius 2 is 1.69 bits per heavy atom. The molecule has 0 fully saturated rings. The minimum absolute atomic E-state index is 0.000515. The van der Waals surface area contributed by atoms with Crippen molar-refractivity contribution in [3.8, 4) is 28.8 Å². The van der Waals surface area contributed by atoms with E-state index in [1.54, 1.807) is 17.7 Å². The van der Waals surface area contributed by atoms with Crippen LogP contribution in [0.5, 0.6) is 5.75 Å². The molecule has 1 aliphatic rings. The highest BCUT2D eigenvalue weighted by Gasteiger charge is 2.35.